The predicted molar refractivity (Wildman–Crippen MR) is 80.5 cm³/mol. The first-order chi connectivity index (χ1) is 9.15. The largest absolute Gasteiger partial charge is 0.351 e. The SMILES string of the molecule is Cc1cc(CNC(=O)CCC2CCNCC2)sc1C. The van der Waals surface area contributed by atoms with Crippen molar-refractivity contribution in [3.8, 4) is 0 Å². The van der Waals surface area contributed by atoms with E-state index in [0.29, 0.717) is 13.0 Å². The molecule has 2 rings (SSSR count). The fourth-order valence-corrected chi connectivity index (χ4v) is 3.51. The smallest absolute Gasteiger partial charge is 0.220 e. The lowest BCUT2D eigenvalue weighted by atomic mass is 9.93. The molecule has 1 amide bonds. The fraction of sp³-hybridized carbons (Fsp3) is 0.667. The Morgan fingerprint density at radius 2 is 2.16 bits per heavy atom. The molecule has 1 saturated heterocycles. The highest BCUT2D eigenvalue weighted by molar-refractivity contribution is 7.12. The predicted octanol–water partition coefficient (Wildman–Crippen LogP) is 2.76. The fourth-order valence-electron chi connectivity index (χ4n) is 2.52. The molecule has 0 unspecified atom stereocenters. The van der Waals surface area contributed by atoms with E-state index in [-0.39, 0.29) is 5.91 Å². The first-order valence-electron chi connectivity index (χ1n) is 7.18. The second-order valence-electron chi connectivity index (χ2n) is 5.46. The molecule has 1 aromatic rings. The highest BCUT2D eigenvalue weighted by atomic mass is 32.1. The Hall–Kier alpha value is -0.870. The van der Waals surface area contributed by atoms with Crippen LogP contribution in [0.15, 0.2) is 6.07 Å². The van der Waals surface area contributed by atoms with Crippen LogP contribution in [0, 0.1) is 19.8 Å². The first-order valence-corrected chi connectivity index (χ1v) is 8.00. The van der Waals surface area contributed by atoms with Gasteiger partial charge in [-0.1, -0.05) is 0 Å². The molecule has 19 heavy (non-hydrogen) atoms. The Labute approximate surface area is 119 Å². The summed E-state index contributed by atoms with van der Waals surface area (Å²) in [6.45, 7) is 7.15. The maximum Gasteiger partial charge on any atom is 0.220 e. The number of hydrogen-bond acceptors (Lipinski definition) is 3. The number of hydrogen-bond donors (Lipinski definition) is 2. The van der Waals surface area contributed by atoms with Crippen molar-refractivity contribution in [2.24, 2.45) is 5.92 Å². The Bertz CT molecular complexity index is 402. The quantitative estimate of drug-likeness (QED) is 0.871. The average Bonchev–Trinajstić information content (AvgIpc) is 2.74. The van der Waals surface area contributed by atoms with Crippen molar-refractivity contribution in [1.29, 1.82) is 0 Å². The van der Waals surface area contributed by atoms with Crippen LogP contribution in [-0.4, -0.2) is 19.0 Å². The third-order valence-electron chi connectivity index (χ3n) is 3.92. The van der Waals surface area contributed by atoms with Crippen LogP contribution in [0.3, 0.4) is 0 Å². The lowest BCUT2D eigenvalue weighted by Gasteiger charge is -2.22. The van der Waals surface area contributed by atoms with Gasteiger partial charge in [0.2, 0.25) is 5.91 Å². The van der Waals surface area contributed by atoms with Crippen molar-refractivity contribution in [2.45, 2.75) is 46.1 Å². The minimum Gasteiger partial charge on any atom is -0.351 e. The van der Waals surface area contributed by atoms with E-state index in [1.165, 1.54) is 28.2 Å². The molecule has 0 atom stereocenters. The topological polar surface area (TPSA) is 41.1 Å². The highest BCUT2D eigenvalue weighted by Crippen LogP contribution is 2.20. The zero-order valence-electron chi connectivity index (χ0n) is 11.9. The van der Waals surface area contributed by atoms with Gasteiger partial charge in [0.05, 0.1) is 6.54 Å². The van der Waals surface area contributed by atoms with Gasteiger partial charge in [0.1, 0.15) is 0 Å². The normalized spacial score (nSPS) is 16.5. The van der Waals surface area contributed by atoms with E-state index in [2.05, 4.69) is 30.5 Å². The second kappa shape index (κ2) is 7.06. The van der Waals surface area contributed by atoms with Crippen molar-refractivity contribution < 1.29 is 4.79 Å². The molecule has 0 aliphatic carbocycles. The van der Waals surface area contributed by atoms with Crippen molar-refractivity contribution in [1.82, 2.24) is 10.6 Å². The Balaban J connectivity index is 1.66. The zero-order chi connectivity index (χ0) is 13.7. The van der Waals surface area contributed by atoms with Crippen LogP contribution >= 0.6 is 11.3 Å². The summed E-state index contributed by atoms with van der Waals surface area (Å²) in [4.78, 5) is 14.4. The molecule has 2 heterocycles. The number of nitrogens with one attached hydrogen (secondary N) is 2. The van der Waals surface area contributed by atoms with Gasteiger partial charge in [-0.3, -0.25) is 4.79 Å². The summed E-state index contributed by atoms with van der Waals surface area (Å²) in [5.74, 6) is 0.931. The summed E-state index contributed by atoms with van der Waals surface area (Å²) in [5, 5.41) is 6.39. The van der Waals surface area contributed by atoms with Crippen LogP contribution in [-0.2, 0) is 11.3 Å². The molecule has 2 N–H and O–H groups in total. The molecule has 0 spiro atoms. The number of rotatable bonds is 5. The molecule has 1 aromatic heterocycles. The van der Waals surface area contributed by atoms with Crippen molar-refractivity contribution in [3.63, 3.8) is 0 Å². The van der Waals surface area contributed by atoms with Gasteiger partial charge in [-0.15, -0.1) is 11.3 Å². The van der Waals surface area contributed by atoms with Crippen LogP contribution in [0.4, 0.5) is 0 Å². The molecule has 1 fully saturated rings. The number of amides is 1. The molecular formula is C15H24N2OS. The molecule has 0 saturated carbocycles. The van der Waals surface area contributed by atoms with Crippen molar-refractivity contribution in [2.75, 3.05) is 13.1 Å². The van der Waals surface area contributed by atoms with Gasteiger partial charge in [0, 0.05) is 16.2 Å². The summed E-state index contributed by atoms with van der Waals surface area (Å²) in [7, 11) is 0. The van der Waals surface area contributed by atoms with Gasteiger partial charge in [0.15, 0.2) is 0 Å². The lowest BCUT2D eigenvalue weighted by molar-refractivity contribution is -0.121. The van der Waals surface area contributed by atoms with Gasteiger partial charge < -0.3 is 10.6 Å². The van der Waals surface area contributed by atoms with E-state index in [9.17, 15) is 4.79 Å². The monoisotopic (exact) mass is 280 g/mol. The van der Waals surface area contributed by atoms with Crippen LogP contribution in [0.2, 0.25) is 0 Å². The van der Waals surface area contributed by atoms with Crippen LogP contribution < -0.4 is 10.6 Å². The van der Waals surface area contributed by atoms with Gasteiger partial charge in [0.25, 0.3) is 0 Å². The summed E-state index contributed by atoms with van der Waals surface area (Å²) >= 11 is 1.78. The highest BCUT2D eigenvalue weighted by Gasteiger charge is 2.14. The molecule has 1 aliphatic rings. The summed E-state index contributed by atoms with van der Waals surface area (Å²) in [6.07, 6.45) is 4.15. The lowest BCUT2D eigenvalue weighted by Crippen LogP contribution is -2.29. The van der Waals surface area contributed by atoms with Gasteiger partial charge in [-0.2, -0.15) is 0 Å². The number of thiophene rings is 1. The molecule has 1 aliphatic heterocycles. The van der Waals surface area contributed by atoms with E-state index in [0.717, 1.165) is 25.4 Å². The van der Waals surface area contributed by atoms with E-state index in [1.807, 2.05) is 0 Å². The van der Waals surface area contributed by atoms with Crippen molar-refractivity contribution in [3.05, 3.63) is 21.4 Å². The van der Waals surface area contributed by atoms with E-state index in [1.54, 1.807) is 11.3 Å². The summed E-state index contributed by atoms with van der Waals surface area (Å²) < 4.78 is 0. The molecule has 0 radical (unpaired) electrons. The van der Waals surface area contributed by atoms with Gasteiger partial charge in [-0.25, -0.2) is 0 Å². The minimum atomic E-state index is 0.197. The van der Waals surface area contributed by atoms with E-state index >= 15 is 0 Å². The van der Waals surface area contributed by atoms with Gasteiger partial charge >= 0.3 is 0 Å². The molecule has 4 heteroatoms. The third kappa shape index (κ3) is 4.62. The molecule has 0 bridgehead atoms. The Kier molecular flexibility index (Phi) is 5.40. The number of carbonyl (C=O) groups is 1. The van der Waals surface area contributed by atoms with E-state index < -0.39 is 0 Å². The summed E-state index contributed by atoms with van der Waals surface area (Å²) in [6, 6.07) is 2.17. The molecular weight excluding hydrogens is 256 g/mol. The first kappa shape index (κ1) is 14.5. The maximum atomic E-state index is 11.8. The number of carbonyl (C=O) groups excluding carboxylic acids is 1. The number of aryl methyl sites for hydroxylation is 2. The number of piperidine rings is 1. The van der Waals surface area contributed by atoms with Crippen molar-refractivity contribution >= 4 is 17.2 Å². The molecule has 0 aromatic carbocycles. The second-order valence-corrected chi connectivity index (χ2v) is 6.80. The average molecular weight is 280 g/mol. The third-order valence-corrected chi connectivity index (χ3v) is 5.07. The standard InChI is InChI=1S/C15H24N2OS/c1-11-9-14(19-12(11)2)10-17-15(18)4-3-13-5-7-16-8-6-13/h9,13,16H,3-8,10H2,1-2H3,(H,17,18). The molecule has 106 valence electrons. The Morgan fingerprint density at radius 1 is 1.42 bits per heavy atom. The molecule has 3 nitrogen and oxygen atoms in total. The van der Waals surface area contributed by atoms with Crippen LogP contribution in [0.25, 0.3) is 0 Å². The van der Waals surface area contributed by atoms with Gasteiger partial charge in [-0.05, 0) is 63.7 Å². The van der Waals surface area contributed by atoms with Crippen LogP contribution in [0.5, 0.6) is 0 Å². The van der Waals surface area contributed by atoms with E-state index in [4.69, 9.17) is 0 Å². The summed E-state index contributed by atoms with van der Waals surface area (Å²) in [5.41, 5.74) is 1.32. The Morgan fingerprint density at radius 3 is 2.79 bits per heavy atom. The van der Waals surface area contributed by atoms with Crippen LogP contribution in [0.1, 0.15) is 41.0 Å². The maximum absolute atomic E-state index is 11.8. The zero-order valence-corrected chi connectivity index (χ0v) is 12.7. The minimum absolute atomic E-state index is 0.197.